The monoisotopic (exact) mass is 442 g/mol. The third-order valence-electron chi connectivity index (χ3n) is 4.77. The summed E-state index contributed by atoms with van der Waals surface area (Å²) in [6.07, 6.45) is 0. The zero-order valence-electron chi connectivity index (χ0n) is 15.2. The molecule has 1 aromatic heterocycles. The number of rotatable bonds is 3. The lowest BCUT2D eigenvalue weighted by molar-refractivity contribution is 0.102. The molecule has 0 bridgehead atoms. The molecule has 0 radical (unpaired) electrons. The molecule has 5 rings (SSSR count). The number of fused-ring (bicyclic) bond motifs is 2. The third-order valence-corrected chi connectivity index (χ3v) is 5.30. The first-order valence-electron chi connectivity index (χ1n) is 9.13. The van der Waals surface area contributed by atoms with E-state index in [2.05, 4.69) is 44.4 Å². The first kappa shape index (κ1) is 17.6. The van der Waals surface area contributed by atoms with Crippen molar-refractivity contribution in [3.8, 4) is 11.5 Å². The van der Waals surface area contributed by atoms with Crippen LogP contribution in [0.1, 0.15) is 10.4 Å². The van der Waals surface area contributed by atoms with E-state index >= 15 is 0 Å². The van der Waals surface area contributed by atoms with Gasteiger partial charge in [0.2, 0.25) is 5.89 Å². The first-order chi connectivity index (χ1) is 14.2. The molecule has 1 heterocycles. The van der Waals surface area contributed by atoms with Gasteiger partial charge < -0.3 is 9.73 Å². The average molecular weight is 443 g/mol. The molecular weight excluding hydrogens is 428 g/mol. The number of benzene rings is 4. The van der Waals surface area contributed by atoms with Crippen molar-refractivity contribution < 1.29 is 9.21 Å². The third kappa shape index (κ3) is 3.41. The summed E-state index contributed by atoms with van der Waals surface area (Å²) in [6, 6.07) is 26.9. The average Bonchev–Trinajstić information content (AvgIpc) is 3.17. The van der Waals surface area contributed by atoms with Gasteiger partial charge in [-0.1, -0.05) is 52.3 Å². The maximum Gasteiger partial charge on any atom is 0.255 e. The second-order valence-corrected chi connectivity index (χ2v) is 7.60. The second kappa shape index (κ2) is 7.18. The molecule has 0 aliphatic carbocycles. The highest BCUT2D eigenvalue weighted by atomic mass is 79.9. The van der Waals surface area contributed by atoms with Crippen molar-refractivity contribution in [3.63, 3.8) is 0 Å². The predicted octanol–water partition coefficient (Wildman–Crippen LogP) is 6.66. The Morgan fingerprint density at radius 1 is 0.897 bits per heavy atom. The highest BCUT2D eigenvalue weighted by Gasteiger charge is 2.13. The van der Waals surface area contributed by atoms with E-state index in [1.807, 2.05) is 54.6 Å². The fourth-order valence-electron chi connectivity index (χ4n) is 3.34. The van der Waals surface area contributed by atoms with Gasteiger partial charge in [0.25, 0.3) is 5.91 Å². The number of amides is 1. The molecule has 0 atom stereocenters. The molecule has 4 nitrogen and oxygen atoms in total. The number of halogens is 1. The second-order valence-electron chi connectivity index (χ2n) is 6.69. The molecular formula is C24H15BrN2O2. The molecule has 1 amide bonds. The van der Waals surface area contributed by atoms with Gasteiger partial charge in [-0.05, 0) is 59.3 Å². The zero-order valence-corrected chi connectivity index (χ0v) is 16.8. The van der Waals surface area contributed by atoms with E-state index in [1.165, 1.54) is 0 Å². The van der Waals surface area contributed by atoms with E-state index in [-0.39, 0.29) is 5.91 Å². The van der Waals surface area contributed by atoms with Gasteiger partial charge in [0.1, 0.15) is 5.52 Å². The van der Waals surface area contributed by atoms with Gasteiger partial charge in [-0.2, -0.15) is 0 Å². The van der Waals surface area contributed by atoms with E-state index < -0.39 is 0 Å². The number of aromatic nitrogens is 1. The molecule has 29 heavy (non-hydrogen) atoms. The van der Waals surface area contributed by atoms with Crippen LogP contribution in [-0.4, -0.2) is 10.9 Å². The van der Waals surface area contributed by atoms with E-state index in [1.54, 1.807) is 12.1 Å². The number of carbonyl (C=O) groups excluding carboxylic acids is 1. The summed E-state index contributed by atoms with van der Waals surface area (Å²) in [5.41, 5.74) is 3.57. The molecule has 0 aliphatic rings. The summed E-state index contributed by atoms with van der Waals surface area (Å²) in [5, 5.41) is 5.13. The molecule has 0 saturated heterocycles. The van der Waals surface area contributed by atoms with Crippen LogP contribution in [0.5, 0.6) is 0 Å². The summed E-state index contributed by atoms with van der Waals surface area (Å²) in [6.45, 7) is 0. The number of nitrogens with zero attached hydrogens (tertiary/aromatic N) is 1. The number of oxazole rings is 1. The largest absolute Gasteiger partial charge is 0.436 e. The molecule has 0 spiro atoms. The number of hydrogen-bond donors (Lipinski definition) is 1. The van der Waals surface area contributed by atoms with Gasteiger partial charge in [-0.25, -0.2) is 4.98 Å². The molecule has 1 N–H and O–H groups in total. The summed E-state index contributed by atoms with van der Waals surface area (Å²) in [5.74, 6) is 0.391. The van der Waals surface area contributed by atoms with Crippen LogP contribution < -0.4 is 5.32 Å². The number of hydrogen-bond acceptors (Lipinski definition) is 3. The molecule has 0 fully saturated rings. The highest BCUT2D eigenvalue weighted by Crippen LogP contribution is 2.31. The molecule has 5 aromatic rings. The van der Waals surface area contributed by atoms with Crippen molar-refractivity contribution >= 4 is 49.4 Å². The number of nitrogens with one attached hydrogen (secondary N) is 1. The Morgan fingerprint density at radius 2 is 1.69 bits per heavy atom. The van der Waals surface area contributed by atoms with Crippen molar-refractivity contribution in [3.05, 3.63) is 95.0 Å². The van der Waals surface area contributed by atoms with Gasteiger partial charge >= 0.3 is 0 Å². The smallest absolute Gasteiger partial charge is 0.255 e. The van der Waals surface area contributed by atoms with Crippen LogP contribution in [0.4, 0.5) is 5.69 Å². The standard InChI is InChI=1S/C24H15BrN2O2/c25-17-10-8-16(9-11-17)23(28)26-18-12-13-22-21(14-18)27-24(29-22)20-7-3-5-15-4-1-2-6-19(15)20/h1-14H,(H,26,28). The zero-order chi connectivity index (χ0) is 19.8. The van der Waals surface area contributed by atoms with Gasteiger partial charge in [-0.3, -0.25) is 4.79 Å². The minimum Gasteiger partial charge on any atom is -0.436 e. The summed E-state index contributed by atoms with van der Waals surface area (Å²) in [7, 11) is 0. The Morgan fingerprint density at radius 3 is 2.55 bits per heavy atom. The normalized spacial score (nSPS) is 11.1. The maximum atomic E-state index is 12.5. The SMILES string of the molecule is O=C(Nc1ccc2oc(-c3cccc4ccccc34)nc2c1)c1ccc(Br)cc1. The quantitative estimate of drug-likeness (QED) is 0.339. The number of anilines is 1. The first-order valence-corrected chi connectivity index (χ1v) is 9.92. The fourth-order valence-corrected chi connectivity index (χ4v) is 3.60. The predicted molar refractivity (Wildman–Crippen MR) is 119 cm³/mol. The summed E-state index contributed by atoms with van der Waals surface area (Å²) >= 11 is 3.37. The molecule has 0 aliphatic heterocycles. The fraction of sp³-hybridized carbons (Fsp3) is 0. The Bertz CT molecular complexity index is 1350. The van der Waals surface area contributed by atoms with Crippen molar-refractivity contribution in [2.75, 3.05) is 5.32 Å². The van der Waals surface area contributed by atoms with Crippen LogP contribution in [0.15, 0.2) is 93.8 Å². The van der Waals surface area contributed by atoms with Crippen LogP contribution in [-0.2, 0) is 0 Å². The van der Waals surface area contributed by atoms with Crippen LogP contribution >= 0.6 is 15.9 Å². The molecule has 5 heteroatoms. The maximum absolute atomic E-state index is 12.5. The van der Waals surface area contributed by atoms with E-state index in [4.69, 9.17) is 4.42 Å². The Balaban J connectivity index is 1.49. The van der Waals surface area contributed by atoms with Crippen LogP contribution in [0.25, 0.3) is 33.3 Å². The minimum absolute atomic E-state index is 0.172. The molecule has 4 aromatic carbocycles. The van der Waals surface area contributed by atoms with Crippen LogP contribution in [0, 0.1) is 0 Å². The van der Waals surface area contributed by atoms with Crippen molar-refractivity contribution in [2.24, 2.45) is 0 Å². The molecule has 0 saturated carbocycles. The summed E-state index contributed by atoms with van der Waals surface area (Å²) < 4.78 is 6.92. The van der Waals surface area contributed by atoms with Gasteiger partial charge in [0, 0.05) is 21.3 Å². The topological polar surface area (TPSA) is 55.1 Å². The van der Waals surface area contributed by atoms with Crippen LogP contribution in [0.2, 0.25) is 0 Å². The molecule has 0 unspecified atom stereocenters. The van der Waals surface area contributed by atoms with Crippen molar-refractivity contribution in [1.82, 2.24) is 4.98 Å². The van der Waals surface area contributed by atoms with E-state index in [9.17, 15) is 4.79 Å². The van der Waals surface area contributed by atoms with Gasteiger partial charge in [0.05, 0.1) is 0 Å². The van der Waals surface area contributed by atoms with Crippen molar-refractivity contribution in [2.45, 2.75) is 0 Å². The van der Waals surface area contributed by atoms with Crippen LogP contribution in [0.3, 0.4) is 0 Å². The lowest BCUT2D eigenvalue weighted by Gasteiger charge is -2.05. The Hall–Kier alpha value is -3.44. The van der Waals surface area contributed by atoms with Gasteiger partial charge in [-0.15, -0.1) is 0 Å². The lowest BCUT2D eigenvalue weighted by Crippen LogP contribution is -2.11. The Labute approximate surface area is 175 Å². The summed E-state index contributed by atoms with van der Waals surface area (Å²) in [4.78, 5) is 17.1. The molecule has 140 valence electrons. The van der Waals surface area contributed by atoms with Gasteiger partial charge in [0.15, 0.2) is 5.58 Å². The Kier molecular flexibility index (Phi) is 4.37. The van der Waals surface area contributed by atoms with E-state index in [0.29, 0.717) is 28.2 Å². The number of carbonyl (C=O) groups is 1. The highest BCUT2D eigenvalue weighted by molar-refractivity contribution is 9.10. The lowest BCUT2D eigenvalue weighted by atomic mass is 10.0. The van der Waals surface area contributed by atoms with Crippen molar-refractivity contribution in [1.29, 1.82) is 0 Å². The minimum atomic E-state index is -0.172. The van der Waals surface area contributed by atoms with E-state index in [0.717, 1.165) is 20.8 Å².